The van der Waals surface area contributed by atoms with E-state index in [1.807, 2.05) is 6.08 Å². The lowest BCUT2D eigenvalue weighted by Crippen LogP contribution is -2.18. The van der Waals surface area contributed by atoms with Crippen molar-refractivity contribution in [1.82, 2.24) is 0 Å². The topological polar surface area (TPSA) is 33.1 Å². The van der Waals surface area contributed by atoms with Crippen LogP contribution in [0.25, 0.3) is 0 Å². The van der Waals surface area contributed by atoms with Crippen molar-refractivity contribution in [3.05, 3.63) is 22.9 Å². The van der Waals surface area contributed by atoms with Crippen LogP contribution in [-0.4, -0.2) is 11.8 Å². The first-order valence-electron chi connectivity index (χ1n) is 3.56. The zero-order chi connectivity index (χ0) is 7.84. The molecule has 0 aromatic rings. The first kappa shape index (κ1) is 6.92. The Labute approximate surface area is 70.0 Å². The molecular weight excluding hydrogens is 162 g/mol. The fourth-order valence-corrected chi connectivity index (χ4v) is 1.62. The second-order valence-electron chi connectivity index (χ2n) is 2.76. The lowest BCUT2D eigenvalue weighted by Gasteiger charge is -2.15. The highest BCUT2D eigenvalue weighted by molar-refractivity contribution is 6.31. The Kier molecular flexibility index (Phi) is 1.50. The van der Waals surface area contributed by atoms with Gasteiger partial charge in [-0.15, -0.1) is 0 Å². The Morgan fingerprint density at radius 2 is 2.36 bits per heavy atom. The van der Waals surface area contributed by atoms with Gasteiger partial charge in [-0.3, -0.25) is 0 Å². The number of hydrogen-bond acceptors (Lipinski definition) is 2. The Morgan fingerprint density at radius 1 is 1.55 bits per heavy atom. The van der Waals surface area contributed by atoms with Gasteiger partial charge >= 0.3 is 0 Å². The van der Waals surface area contributed by atoms with Crippen LogP contribution in [0.4, 0.5) is 0 Å². The van der Waals surface area contributed by atoms with Crippen LogP contribution in [0.2, 0.25) is 0 Å². The molecule has 0 spiro atoms. The average molecular weight is 170 g/mol. The summed E-state index contributed by atoms with van der Waals surface area (Å²) >= 11 is 5.72. The van der Waals surface area contributed by atoms with E-state index in [1.54, 1.807) is 0 Å². The summed E-state index contributed by atoms with van der Waals surface area (Å²) in [5.74, 6) is 0. The predicted octanol–water partition coefficient (Wildman–Crippen LogP) is 2.21. The Balaban J connectivity index is 2.30. The summed E-state index contributed by atoms with van der Waals surface area (Å²) in [5, 5.41) is 8.13. The van der Waals surface area contributed by atoms with Gasteiger partial charge in [0.15, 0.2) is 6.10 Å². The minimum Gasteiger partial charge on any atom is -0.486 e. The second-order valence-corrected chi connectivity index (χ2v) is 3.20. The molecule has 1 N–H and O–H groups in total. The molecular formula is C8H8ClNO. The number of fused-ring (bicyclic) bond motifs is 1. The van der Waals surface area contributed by atoms with E-state index in [9.17, 15) is 0 Å². The standard InChI is InChI=1S/C8H8ClNO/c9-6-3-5-1-2-7(10)8(5)11-4-6/h3-4,8,10H,1-2H2. The van der Waals surface area contributed by atoms with Crippen molar-refractivity contribution in [2.24, 2.45) is 0 Å². The van der Waals surface area contributed by atoms with Crippen molar-refractivity contribution in [3.63, 3.8) is 0 Å². The van der Waals surface area contributed by atoms with Gasteiger partial charge in [0.05, 0.1) is 10.7 Å². The van der Waals surface area contributed by atoms with E-state index in [4.69, 9.17) is 21.7 Å². The fourth-order valence-electron chi connectivity index (χ4n) is 1.43. The highest BCUT2D eigenvalue weighted by Crippen LogP contribution is 2.30. The molecule has 0 saturated heterocycles. The molecule has 11 heavy (non-hydrogen) atoms. The molecule has 1 fully saturated rings. The molecule has 0 aromatic heterocycles. The molecule has 2 aliphatic rings. The number of hydrogen-bond donors (Lipinski definition) is 1. The molecule has 3 heteroatoms. The third-order valence-electron chi connectivity index (χ3n) is 1.98. The third kappa shape index (κ3) is 1.07. The summed E-state index contributed by atoms with van der Waals surface area (Å²) in [6, 6.07) is 0. The quantitative estimate of drug-likeness (QED) is 0.593. The molecule has 0 radical (unpaired) electrons. The maximum Gasteiger partial charge on any atom is 0.157 e. The zero-order valence-corrected chi connectivity index (χ0v) is 6.69. The van der Waals surface area contributed by atoms with Gasteiger partial charge in [0.25, 0.3) is 0 Å². The van der Waals surface area contributed by atoms with Gasteiger partial charge in [-0.25, -0.2) is 0 Å². The molecule has 1 aliphatic heterocycles. The van der Waals surface area contributed by atoms with E-state index in [0.29, 0.717) is 10.7 Å². The molecule has 1 atom stereocenters. The van der Waals surface area contributed by atoms with Crippen molar-refractivity contribution in [3.8, 4) is 0 Å². The number of nitrogens with one attached hydrogen (secondary N) is 1. The van der Waals surface area contributed by atoms with Crippen molar-refractivity contribution < 1.29 is 4.74 Å². The molecule has 0 aromatic carbocycles. The van der Waals surface area contributed by atoms with Crippen molar-refractivity contribution in [2.75, 3.05) is 0 Å². The van der Waals surface area contributed by atoms with Crippen LogP contribution in [0.5, 0.6) is 0 Å². The maximum absolute atomic E-state index is 7.50. The normalized spacial score (nSPS) is 28.8. The molecule has 1 heterocycles. The van der Waals surface area contributed by atoms with Crippen LogP contribution in [0.1, 0.15) is 12.8 Å². The molecule has 1 aliphatic carbocycles. The number of ether oxygens (including phenoxy) is 1. The molecule has 0 bridgehead atoms. The van der Waals surface area contributed by atoms with Gasteiger partial charge in [-0.05, 0) is 24.5 Å². The van der Waals surface area contributed by atoms with E-state index >= 15 is 0 Å². The second kappa shape index (κ2) is 2.38. The van der Waals surface area contributed by atoms with Gasteiger partial charge < -0.3 is 10.1 Å². The van der Waals surface area contributed by atoms with Gasteiger partial charge in [-0.2, -0.15) is 0 Å². The van der Waals surface area contributed by atoms with Crippen LogP contribution in [0.15, 0.2) is 22.9 Å². The van der Waals surface area contributed by atoms with Crippen LogP contribution in [0, 0.1) is 5.41 Å². The monoisotopic (exact) mass is 169 g/mol. The Morgan fingerprint density at radius 3 is 3.18 bits per heavy atom. The smallest absolute Gasteiger partial charge is 0.157 e. The van der Waals surface area contributed by atoms with E-state index < -0.39 is 0 Å². The minimum atomic E-state index is -0.0995. The molecule has 1 saturated carbocycles. The van der Waals surface area contributed by atoms with E-state index in [-0.39, 0.29) is 6.10 Å². The molecule has 58 valence electrons. The Hall–Kier alpha value is -0.760. The lowest BCUT2D eigenvalue weighted by molar-refractivity contribution is 0.230. The molecule has 0 amide bonds. The number of rotatable bonds is 0. The van der Waals surface area contributed by atoms with Gasteiger partial charge in [-0.1, -0.05) is 11.6 Å². The van der Waals surface area contributed by atoms with Crippen LogP contribution >= 0.6 is 11.6 Å². The Bertz CT molecular complexity index is 267. The van der Waals surface area contributed by atoms with Gasteiger partial charge in [0.1, 0.15) is 6.26 Å². The van der Waals surface area contributed by atoms with E-state index in [2.05, 4.69) is 0 Å². The van der Waals surface area contributed by atoms with Gasteiger partial charge in [0.2, 0.25) is 0 Å². The summed E-state index contributed by atoms with van der Waals surface area (Å²) in [7, 11) is 0. The molecule has 1 unspecified atom stereocenters. The minimum absolute atomic E-state index is 0.0995. The van der Waals surface area contributed by atoms with Crippen molar-refractivity contribution >= 4 is 17.3 Å². The zero-order valence-electron chi connectivity index (χ0n) is 5.93. The van der Waals surface area contributed by atoms with E-state index in [1.165, 1.54) is 6.26 Å². The summed E-state index contributed by atoms with van der Waals surface area (Å²) < 4.78 is 5.24. The van der Waals surface area contributed by atoms with Crippen LogP contribution in [0.3, 0.4) is 0 Å². The summed E-state index contributed by atoms with van der Waals surface area (Å²) in [6.07, 6.45) is 5.05. The third-order valence-corrected chi connectivity index (χ3v) is 2.17. The highest BCUT2D eigenvalue weighted by atomic mass is 35.5. The molecule has 2 rings (SSSR count). The lowest BCUT2D eigenvalue weighted by atomic mass is 10.1. The fraction of sp³-hybridized carbons (Fsp3) is 0.375. The van der Waals surface area contributed by atoms with E-state index in [0.717, 1.165) is 18.4 Å². The first-order valence-corrected chi connectivity index (χ1v) is 3.94. The average Bonchev–Trinajstić information content (AvgIpc) is 2.32. The van der Waals surface area contributed by atoms with Crippen LogP contribution < -0.4 is 0 Å². The largest absolute Gasteiger partial charge is 0.486 e. The predicted molar refractivity (Wildman–Crippen MR) is 43.9 cm³/mol. The van der Waals surface area contributed by atoms with Crippen molar-refractivity contribution in [1.29, 1.82) is 5.41 Å². The highest BCUT2D eigenvalue weighted by Gasteiger charge is 2.29. The van der Waals surface area contributed by atoms with Gasteiger partial charge in [0, 0.05) is 0 Å². The first-order chi connectivity index (χ1) is 5.27. The van der Waals surface area contributed by atoms with Crippen LogP contribution in [-0.2, 0) is 4.74 Å². The summed E-state index contributed by atoms with van der Waals surface area (Å²) in [5.41, 5.74) is 1.80. The molecule has 2 nitrogen and oxygen atoms in total. The van der Waals surface area contributed by atoms with Crippen molar-refractivity contribution in [2.45, 2.75) is 18.9 Å². The maximum atomic E-state index is 7.50. The SMILES string of the molecule is N=C1CCC2=CC(Cl)=COC12. The number of halogens is 1. The summed E-state index contributed by atoms with van der Waals surface area (Å²) in [6.45, 7) is 0. The summed E-state index contributed by atoms with van der Waals surface area (Å²) in [4.78, 5) is 0. The number of allylic oxidation sites excluding steroid dienone is 2.